The molecule has 3 rings (SSSR count). The molecule has 1 heterocycles. The zero-order chi connectivity index (χ0) is 13.7. The number of hydrogen-bond acceptors (Lipinski definition) is 3. The van der Waals surface area contributed by atoms with Crippen LogP contribution in [0.4, 0.5) is 0 Å². The van der Waals surface area contributed by atoms with E-state index in [-0.39, 0.29) is 11.9 Å². The van der Waals surface area contributed by atoms with Crippen molar-refractivity contribution in [2.45, 2.75) is 12.5 Å². The lowest BCUT2D eigenvalue weighted by molar-refractivity contribution is 0.0850. The minimum atomic E-state index is -0.154. The Labute approximate surface area is 112 Å². The van der Waals surface area contributed by atoms with Gasteiger partial charge in [0.05, 0.1) is 12.0 Å². The molecule has 0 aromatic heterocycles. The summed E-state index contributed by atoms with van der Waals surface area (Å²) in [5.74, 6) is 0.846. The van der Waals surface area contributed by atoms with E-state index in [0.717, 1.165) is 12.7 Å². The molecule has 0 saturated carbocycles. The summed E-state index contributed by atoms with van der Waals surface area (Å²) in [7, 11) is 1.00. The fourth-order valence-electron chi connectivity index (χ4n) is 2.13. The highest BCUT2D eigenvalue weighted by Crippen LogP contribution is 2.34. The van der Waals surface area contributed by atoms with Crippen molar-refractivity contribution >= 4 is 5.78 Å². The van der Waals surface area contributed by atoms with E-state index in [1.165, 1.54) is 0 Å². The molecule has 0 spiro atoms. The van der Waals surface area contributed by atoms with E-state index in [4.69, 9.17) is 9.84 Å². The van der Waals surface area contributed by atoms with Crippen molar-refractivity contribution in [2.24, 2.45) is 0 Å². The van der Waals surface area contributed by atoms with Crippen LogP contribution in [0.5, 0.6) is 5.75 Å². The summed E-state index contributed by atoms with van der Waals surface area (Å²) < 4.78 is 5.87. The first kappa shape index (κ1) is 13.3. The Morgan fingerprint density at radius 2 is 1.63 bits per heavy atom. The predicted octanol–water partition coefficient (Wildman–Crippen LogP) is 3.00. The number of para-hydroxylation sites is 1. The molecule has 0 amide bonds. The van der Waals surface area contributed by atoms with E-state index in [1.54, 1.807) is 0 Å². The summed E-state index contributed by atoms with van der Waals surface area (Å²) in [4.78, 5) is 12.0. The van der Waals surface area contributed by atoms with Gasteiger partial charge in [-0.05, 0) is 17.7 Å². The SMILES string of the molecule is CO.O=C1CC(c2ccccc2)Oc2ccccc21. The molecule has 1 aliphatic heterocycles. The van der Waals surface area contributed by atoms with Gasteiger partial charge in [0.25, 0.3) is 0 Å². The van der Waals surface area contributed by atoms with E-state index >= 15 is 0 Å². The molecule has 2 aromatic rings. The Bertz CT molecular complexity index is 549. The minimum absolute atomic E-state index is 0.153. The second kappa shape index (κ2) is 6.16. The number of carbonyl (C=O) groups is 1. The standard InChI is InChI=1S/C15H12O2.CH4O/c16-13-10-15(11-6-2-1-3-7-11)17-14-9-5-4-8-12(13)14;1-2/h1-9,15H,10H2;2H,1H3. The van der Waals surface area contributed by atoms with E-state index in [9.17, 15) is 4.79 Å². The van der Waals surface area contributed by atoms with Gasteiger partial charge in [-0.3, -0.25) is 4.79 Å². The van der Waals surface area contributed by atoms with Gasteiger partial charge in [-0.15, -0.1) is 0 Å². The molecule has 0 aliphatic carbocycles. The molecule has 3 nitrogen and oxygen atoms in total. The molecule has 1 N–H and O–H groups in total. The molecular weight excluding hydrogens is 240 g/mol. The second-order valence-corrected chi connectivity index (χ2v) is 4.14. The molecule has 2 aromatic carbocycles. The lowest BCUT2D eigenvalue weighted by Gasteiger charge is -2.25. The van der Waals surface area contributed by atoms with Gasteiger partial charge in [0.2, 0.25) is 0 Å². The highest BCUT2D eigenvalue weighted by molar-refractivity contribution is 5.99. The maximum atomic E-state index is 12.0. The maximum Gasteiger partial charge on any atom is 0.170 e. The van der Waals surface area contributed by atoms with Crippen LogP contribution in [-0.4, -0.2) is 18.0 Å². The number of aliphatic hydroxyl groups excluding tert-OH is 1. The number of aliphatic hydroxyl groups is 1. The van der Waals surface area contributed by atoms with Gasteiger partial charge < -0.3 is 9.84 Å². The maximum absolute atomic E-state index is 12.0. The van der Waals surface area contributed by atoms with E-state index in [2.05, 4.69) is 0 Å². The molecule has 3 heteroatoms. The highest BCUT2D eigenvalue weighted by Gasteiger charge is 2.26. The summed E-state index contributed by atoms with van der Waals surface area (Å²) in [6, 6.07) is 17.3. The zero-order valence-corrected chi connectivity index (χ0v) is 10.7. The minimum Gasteiger partial charge on any atom is -0.484 e. The van der Waals surface area contributed by atoms with Gasteiger partial charge in [-0.25, -0.2) is 0 Å². The van der Waals surface area contributed by atoms with Gasteiger partial charge in [-0.1, -0.05) is 42.5 Å². The third-order valence-electron chi connectivity index (χ3n) is 3.00. The van der Waals surface area contributed by atoms with Crippen LogP contribution in [-0.2, 0) is 0 Å². The number of rotatable bonds is 1. The highest BCUT2D eigenvalue weighted by atomic mass is 16.5. The van der Waals surface area contributed by atoms with Crippen LogP contribution in [0.1, 0.15) is 28.4 Å². The number of fused-ring (bicyclic) bond motifs is 1. The number of carbonyl (C=O) groups excluding carboxylic acids is 1. The zero-order valence-electron chi connectivity index (χ0n) is 10.7. The Balaban J connectivity index is 0.000000637. The molecule has 1 atom stereocenters. The predicted molar refractivity (Wildman–Crippen MR) is 73.3 cm³/mol. The van der Waals surface area contributed by atoms with Crippen molar-refractivity contribution in [3.8, 4) is 5.75 Å². The molecule has 0 saturated heterocycles. The molecule has 19 heavy (non-hydrogen) atoms. The first-order chi connectivity index (χ1) is 9.34. The van der Waals surface area contributed by atoms with Crippen molar-refractivity contribution < 1.29 is 14.6 Å². The van der Waals surface area contributed by atoms with Crippen molar-refractivity contribution in [3.63, 3.8) is 0 Å². The van der Waals surface area contributed by atoms with Crippen molar-refractivity contribution in [1.29, 1.82) is 0 Å². The van der Waals surface area contributed by atoms with Crippen LogP contribution < -0.4 is 4.74 Å². The summed E-state index contributed by atoms with van der Waals surface area (Å²) >= 11 is 0. The van der Waals surface area contributed by atoms with Crippen LogP contribution in [0.15, 0.2) is 54.6 Å². The quantitative estimate of drug-likeness (QED) is 0.853. The number of ketones is 1. The van der Waals surface area contributed by atoms with E-state index in [0.29, 0.717) is 17.7 Å². The van der Waals surface area contributed by atoms with Crippen LogP contribution in [0.25, 0.3) is 0 Å². The van der Waals surface area contributed by atoms with Crippen LogP contribution in [0.2, 0.25) is 0 Å². The first-order valence-corrected chi connectivity index (χ1v) is 6.13. The number of Topliss-reactive ketones (excluding diaryl/α,β-unsaturated/α-hetero) is 1. The fourth-order valence-corrected chi connectivity index (χ4v) is 2.13. The largest absolute Gasteiger partial charge is 0.484 e. The molecule has 1 aliphatic rings. The van der Waals surface area contributed by atoms with Gasteiger partial charge >= 0.3 is 0 Å². The lowest BCUT2D eigenvalue weighted by atomic mass is 9.96. The molecule has 0 fully saturated rings. The van der Waals surface area contributed by atoms with Crippen LogP contribution in [0, 0.1) is 0 Å². The molecule has 0 radical (unpaired) electrons. The smallest absolute Gasteiger partial charge is 0.170 e. The van der Waals surface area contributed by atoms with Gasteiger partial charge in [0, 0.05) is 7.11 Å². The van der Waals surface area contributed by atoms with Crippen molar-refractivity contribution in [2.75, 3.05) is 7.11 Å². The van der Waals surface area contributed by atoms with E-state index < -0.39 is 0 Å². The summed E-state index contributed by atoms with van der Waals surface area (Å²) in [5, 5.41) is 7.00. The fraction of sp³-hybridized carbons (Fsp3) is 0.188. The summed E-state index contributed by atoms with van der Waals surface area (Å²) in [6.45, 7) is 0. The van der Waals surface area contributed by atoms with E-state index in [1.807, 2.05) is 54.6 Å². The third-order valence-corrected chi connectivity index (χ3v) is 3.00. The first-order valence-electron chi connectivity index (χ1n) is 6.13. The lowest BCUT2D eigenvalue weighted by Crippen LogP contribution is -2.20. The molecule has 0 bridgehead atoms. The summed E-state index contributed by atoms with van der Waals surface area (Å²) in [6.07, 6.45) is 0.264. The Morgan fingerprint density at radius 3 is 2.37 bits per heavy atom. The van der Waals surface area contributed by atoms with Gasteiger partial charge in [-0.2, -0.15) is 0 Å². The third kappa shape index (κ3) is 2.83. The van der Waals surface area contributed by atoms with Crippen molar-refractivity contribution in [1.82, 2.24) is 0 Å². The monoisotopic (exact) mass is 256 g/mol. The van der Waals surface area contributed by atoms with Gasteiger partial charge in [0.1, 0.15) is 11.9 Å². The Hall–Kier alpha value is -2.13. The normalized spacial score (nSPS) is 16.7. The number of benzene rings is 2. The van der Waals surface area contributed by atoms with Crippen molar-refractivity contribution in [3.05, 3.63) is 65.7 Å². The number of ether oxygens (including phenoxy) is 1. The average Bonchev–Trinajstić information content (AvgIpc) is 2.50. The Kier molecular flexibility index (Phi) is 4.31. The van der Waals surface area contributed by atoms with Crippen LogP contribution >= 0.6 is 0 Å². The Morgan fingerprint density at radius 1 is 1.00 bits per heavy atom. The average molecular weight is 256 g/mol. The van der Waals surface area contributed by atoms with Gasteiger partial charge in [0.15, 0.2) is 5.78 Å². The molecular formula is C16H16O3. The second-order valence-electron chi connectivity index (χ2n) is 4.14. The summed E-state index contributed by atoms with van der Waals surface area (Å²) in [5.41, 5.74) is 1.75. The topological polar surface area (TPSA) is 46.5 Å². The molecule has 98 valence electrons. The van der Waals surface area contributed by atoms with Crippen LogP contribution in [0.3, 0.4) is 0 Å². The number of hydrogen-bond donors (Lipinski definition) is 1. The molecule has 1 unspecified atom stereocenters.